The van der Waals surface area contributed by atoms with E-state index in [4.69, 9.17) is 11.6 Å². The van der Waals surface area contributed by atoms with Gasteiger partial charge in [0.05, 0.1) is 5.02 Å². The Morgan fingerprint density at radius 3 is 2.75 bits per heavy atom. The first-order valence-electron chi connectivity index (χ1n) is 8.66. The first-order valence-corrected chi connectivity index (χ1v) is 9.04. The Kier molecular flexibility index (Phi) is 6.16. The number of aromatic nitrogens is 3. The van der Waals surface area contributed by atoms with Gasteiger partial charge in [-0.15, -0.1) is 10.2 Å². The number of hydrogen-bond acceptors (Lipinski definition) is 4. The minimum atomic E-state index is -0.561. The zero-order valence-corrected chi connectivity index (χ0v) is 15.9. The number of benzene rings is 2. The molecule has 0 atom stereocenters. The van der Waals surface area contributed by atoms with Gasteiger partial charge in [0, 0.05) is 24.9 Å². The summed E-state index contributed by atoms with van der Waals surface area (Å²) in [6, 6.07) is 11.8. The lowest BCUT2D eigenvalue weighted by Gasteiger charge is -2.06. The van der Waals surface area contributed by atoms with Crippen LogP contribution >= 0.6 is 11.6 Å². The van der Waals surface area contributed by atoms with Crippen molar-refractivity contribution >= 4 is 17.5 Å². The number of H-pyrrole nitrogens is 1. The number of halogens is 2. The molecule has 3 rings (SSSR count). The molecule has 0 spiro atoms. The Hall–Kier alpha value is -3.06. The number of carbonyl (C=O) groups excluding carboxylic acids is 1. The van der Waals surface area contributed by atoms with Crippen LogP contribution in [-0.4, -0.2) is 21.1 Å². The maximum absolute atomic E-state index is 13.2. The van der Waals surface area contributed by atoms with Crippen LogP contribution in [0.1, 0.15) is 23.2 Å². The summed E-state index contributed by atoms with van der Waals surface area (Å²) >= 11 is 5.74. The lowest BCUT2D eigenvalue weighted by atomic mass is 10.1. The van der Waals surface area contributed by atoms with E-state index in [1.54, 1.807) is 0 Å². The van der Waals surface area contributed by atoms with Crippen molar-refractivity contribution in [3.63, 3.8) is 0 Å². The van der Waals surface area contributed by atoms with Gasteiger partial charge in [0.25, 0.3) is 5.56 Å². The van der Waals surface area contributed by atoms with Gasteiger partial charge < -0.3 is 10.3 Å². The van der Waals surface area contributed by atoms with Gasteiger partial charge in [-0.05, 0) is 30.7 Å². The molecule has 0 radical (unpaired) electrons. The van der Waals surface area contributed by atoms with E-state index in [1.165, 1.54) is 18.2 Å². The monoisotopic (exact) mass is 400 g/mol. The van der Waals surface area contributed by atoms with Crippen molar-refractivity contribution in [2.45, 2.75) is 26.3 Å². The Morgan fingerprint density at radius 1 is 1.21 bits per heavy atom. The first kappa shape index (κ1) is 19.7. The number of aromatic amines is 1. The number of carbonyl (C=O) groups is 1. The standard InChI is InChI=1S/C20H18ClFN4O2/c1-12-3-2-4-13(9-12)11-23-18(27)8-7-17-20(28)24-19(26-25-17)14-5-6-16(22)15(21)10-14/h2-6,9-10H,7-8,11H2,1H3,(H,23,27)(H,24,26,28). The average Bonchev–Trinajstić information content (AvgIpc) is 2.67. The highest BCUT2D eigenvalue weighted by Crippen LogP contribution is 2.21. The molecular weight excluding hydrogens is 383 g/mol. The second-order valence-electron chi connectivity index (χ2n) is 6.34. The molecule has 0 aliphatic carbocycles. The molecule has 144 valence electrons. The number of aryl methyl sites for hydroxylation is 2. The summed E-state index contributed by atoms with van der Waals surface area (Å²) in [6.07, 6.45) is 0.276. The smallest absolute Gasteiger partial charge is 0.273 e. The van der Waals surface area contributed by atoms with Crippen molar-refractivity contribution in [1.29, 1.82) is 0 Å². The van der Waals surface area contributed by atoms with Crippen LogP contribution < -0.4 is 10.9 Å². The Morgan fingerprint density at radius 2 is 2.04 bits per heavy atom. The number of hydrogen-bond donors (Lipinski definition) is 2. The van der Waals surface area contributed by atoms with Gasteiger partial charge in [-0.3, -0.25) is 9.59 Å². The Labute approximate surface area is 165 Å². The van der Waals surface area contributed by atoms with Gasteiger partial charge in [0.2, 0.25) is 5.91 Å². The minimum Gasteiger partial charge on any atom is -0.352 e. The van der Waals surface area contributed by atoms with E-state index < -0.39 is 11.4 Å². The molecule has 1 heterocycles. The number of nitrogens with zero attached hydrogens (tertiary/aromatic N) is 2. The molecule has 0 fully saturated rings. The predicted molar refractivity (Wildman–Crippen MR) is 104 cm³/mol. The van der Waals surface area contributed by atoms with Crippen LogP contribution in [0.15, 0.2) is 47.3 Å². The summed E-state index contributed by atoms with van der Waals surface area (Å²) in [7, 11) is 0. The summed E-state index contributed by atoms with van der Waals surface area (Å²) in [6.45, 7) is 2.41. The third-order valence-electron chi connectivity index (χ3n) is 4.12. The van der Waals surface area contributed by atoms with Crippen LogP contribution in [0.3, 0.4) is 0 Å². The van der Waals surface area contributed by atoms with Crippen LogP contribution in [-0.2, 0) is 17.8 Å². The average molecular weight is 401 g/mol. The fourth-order valence-electron chi connectivity index (χ4n) is 2.64. The van der Waals surface area contributed by atoms with E-state index >= 15 is 0 Å². The molecule has 0 aliphatic heterocycles. The van der Waals surface area contributed by atoms with Crippen molar-refractivity contribution < 1.29 is 9.18 Å². The molecule has 3 aromatic rings. The van der Waals surface area contributed by atoms with Crippen LogP contribution in [0, 0.1) is 12.7 Å². The number of amides is 1. The lowest BCUT2D eigenvalue weighted by Crippen LogP contribution is -2.25. The highest BCUT2D eigenvalue weighted by Gasteiger charge is 2.11. The van der Waals surface area contributed by atoms with E-state index in [0.717, 1.165) is 11.1 Å². The van der Waals surface area contributed by atoms with Crippen molar-refractivity contribution in [3.8, 4) is 11.4 Å². The van der Waals surface area contributed by atoms with Crippen molar-refractivity contribution in [2.24, 2.45) is 0 Å². The largest absolute Gasteiger partial charge is 0.352 e. The third-order valence-corrected chi connectivity index (χ3v) is 4.41. The lowest BCUT2D eigenvalue weighted by molar-refractivity contribution is -0.121. The maximum Gasteiger partial charge on any atom is 0.273 e. The molecule has 1 aromatic heterocycles. The molecule has 0 saturated heterocycles. The fraction of sp³-hybridized carbons (Fsp3) is 0.200. The van der Waals surface area contributed by atoms with E-state index in [2.05, 4.69) is 20.5 Å². The second kappa shape index (κ2) is 8.75. The van der Waals surface area contributed by atoms with Gasteiger partial charge in [0.1, 0.15) is 11.5 Å². The molecule has 0 unspecified atom stereocenters. The van der Waals surface area contributed by atoms with Gasteiger partial charge in [-0.25, -0.2) is 4.39 Å². The predicted octanol–water partition coefficient (Wildman–Crippen LogP) is 3.18. The fourth-order valence-corrected chi connectivity index (χ4v) is 2.82. The topological polar surface area (TPSA) is 87.7 Å². The van der Waals surface area contributed by atoms with E-state index in [9.17, 15) is 14.0 Å². The summed E-state index contributed by atoms with van der Waals surface area (Å²) in [5.41, 5.74) is 2.28. The highest BCUT2D eigenvalue weighted by atomic mass is 35.5. The first-order chi connectivity index (χ1) is 13.4. The van der Waals surface area contributed by atoms with Crippen LogP contribution in [0.5, 0.6) is 0 Å². The zero-order valence-electron chi connectivity index (χ0n) is 15.1. The van der Waals surface area contributed by atoms with Crippen LogP contribution in [0.4, 0.5) is 4.39 Å². The van der Waals surface area contributed by atoms with Crippen molar-refractivity contribution in [3.05, 3.63) is 80.5 Å². The van der Waals surface area contributed by atoms with Gasteiger partial charge in [0.15, 0.2) is 5.82 Å². The molecular formula is C20H18ClFN4O2. The number of rotatable bonds is 6. The zero-order chi connectivity index (χ0) is 20.1. The normalized spacial score (nSPS) is 10.7. The van der Waals surface area contributed by atoms with Gasteiger partial charge >= 0.3 is 0 Å². The molecule has 8 heteroatoms. The Bertz CT molecular complexity index is 1070. The summed E-state index contributed by atoms with van der Waals surface area (Å²) < 4.78 is 13.2. The SMILES string of the molecule is Cc1cccc(CNC(=O)CCc2nnc(-c3ccc(F)c(Cl)c3)[nH]c2=O)c1. The maximum atomic E-state index is 13.2. The third kappa shape index (κ3) is 5.01. The molecule has 0 bridgehead atoms. The summed E-state index contributed by atoms with van der Waals surface area (Å²) in [5, 5.41) is 10.6. The Balaban J connectivity index is 1.59. The molecule has 0 saturated carbocycles. The molecule has 28 heavy (non-hydrogen) atoms. The minimum absolute atomic E-state index is 0.0745. The molecule has 6 nitrogen and oxygen atoms in total. The molecule has 0 aliphatic rings. The quantitative estimate of drug-likeness (QED) is 0.665. The van der Waals surface area contributed by atoms with E-state index in [-0.39, 0.29) is 35.3 Å². The van der Waals surface area contributed by atoms with Gasteiger partial charge in [-0.2, -0.15) is 0 Å². The van der Waals surface area contributed by atoms with E-state index in [0.29, 0.717) is 12.1 Å². The van der Waals surface area contributed by atoms with Crippen molar-refractivity contribution in [2.75, 3.05) is 0 Å². The molecule has 2 aromatic carbocycles. The van der Waals surface area contributed by atoms with Crippen LogP contribution in [0.2, 0.25) is 5.02 Å². The highest BCUT2D eigenvalue weighted by molar-refractivity contribution is 6.31. The summed E-state index contributed by atoms with van der Waals surface area (Å²) in [5.74, 6) is -0.564. The molecule has 1 amide bonds. The van der Waals surface area contributed by atoms with E-state index in [1.807, 2.05) is 31.2 Å². The summed E-state index contributed by atoms with van der Waals surface area (Å²) in [4.78, 5) is 26.8. The second-order valence-corrected chi connectivity index (χ2v) is 6.75. The van der Waals surface area contributed by atoms with Crippen molar-refractivity contribution in [1.82, 2.24) is 20.5 Å². The van der Waals surface area contributed by atoms with Crippen LogP contribution in [0.25, 0.3) is 11.4 Å². The number of nitrogens with one attached hydrogen (secondary N) is 2. The molecule has 2 N–H and O–H groups in total. The van der Waals surface area contributed by atoms with Gasteiger partial charge in [-0.1, -0.05) is 41.4 Å².